The van der Waals surface area contributed by atoms with Gasteiger partial charge in [0.2, 0.25) is 0 Å². The van der Waals surface area contributed by atoms with Crippen molar-refractivity contribution >= 4 is 17.3 Å². The minimum Gasteiger partial charge on any atom is -0.496 e. The zero-order valence-corrected chi connectivity index (χ0v) is 18.8. The van der Waals surface area contributed by atoms with Crippen molar-refractivity contribution in [2.75, 3.05) is 40.8 Å². The molecule has 0 aliphatic carbocycles. The van der Waals surface area contributed by atoms with Crippen molar-refractivity contribution in [3.8, 4) is 5.75 Å². The van der Waals surface area contributed by atoms with Crippen LogP contribution in [0.25, 0.3) is 0 Å². The number of hydrogen-bond acceptors (Lipinski definition) is 5. The molecule has 1 unspecified atom stereocenters. The number of benzene rings is 1. The number of piperidine rings is 1. The molecule has 6 nitrogen and oxygen atoms in total. The van der Waals surface area contributed by atoms with Crippen molar-refractivity contribution in [1.82, 2.24) is 20.1 Å². The fraction of sp³-hybridized carbons (Fsp3) is 0.545. The van der Waals surface area contributed by atoms with Crippen LogP contribution in [0.3, 0.4) is 0 Å². The molecule has 0 saturated carbocycles. The van der Waals surface area contributed by atoms with E-state index in [2.05, 4.69) is 55.7 Å². The van der Waals surface area contributed by atoms with Crippen LogP contribution in [-0.2, 0) is 6.54 Å². The number of aromatic nitrogens is 1. The smallest absolute Gasteiger partial charge is 0.193 e. The normalized spacial score (nSPS) is 16.5. The van der Waals surface area contributed by atoms with E-state index < -0.39 is 0 Å². The second-order valence-corrected chi connectivity index (χ2v) is 8.56. The number of para-hydroxylation sites is 1. The molecular weight excluding hydrogens is 382 g/mol. The van der Waals surface area contributed by atoms with E-state index in [-0.39, 0.29) is 6.04 Å². The zero-order valence-electron chi connectivity index (χ0n) is 18.0. The van der Waals surface area contributed by atoms with Crippen molar-refractivity contribution in [3.05, 3.63) is 45.9 Å². The first-order valence-electron chi connectivity index (χ1n) is 10.3. The lowest BCUT2D eigenvalue weighted by atomic mass is 10.0. The molecule has 0 amide bonds. The summed E-state index contributed by atoms with van der Waals surface area (Å²) in [6, 6.07) is 8.62. The van der Waals surface area contributed by atoms with Crippen molar-refractivity contribution < 1.29 is 4.74 Å². The van der Waals surface area contributed by atoms with Gasteiger partial charge in [-0.2, -0.15) is 0 Å². The topological polar surface area (TPSA) is 53.0 Å². The first-order valence-corrected chi connectivity index (χ1v) is 11.2. The number of likely N-dealkylation sites (tertiary alicyclic amines) is 1. The molecule has 1 saturated heterocycles. The van der Waals surface area contributed by atoms with Crippen LogP contribution >= 0.6 is 11.3 Å². The van der Waals surface area contributed by atoms with Gasteiger partial charge >= 0.3 is 0 Å². The van der Waals surface area contributed by atoms with Crippen LogP contribution in [-0.4, -0.2) is 61.6 Å². The number of rotatable bonds is 7. The third-order valence-corrected chi connectivity index (χ3v) is 6.24. The summed E-state index contributed by atoms with van der Waals surface area (Å²) >= 11 is 1.69. The lowest BCUT2D eigenvalue weighted by Crippen LogP contribution is -2.45. The molecule has 0 radical (unpaired) electrons. The summed E-state index contributed by atoms with van der Waals surface area (Å²) in [6.45, 7) is 5.81. The zero-order chi connectivity index (χ0) is 20.6. The van der Waals surface area contributed by atoms with E-state index in [0.29, 0.717) is 0 Å². The monoisotopic (exact) mass is 415 g/mol. The van der Waals surface area contributed by atoms with Gasteiger partial charge in [-0.1, -0.05) is 24.6 Å². The summed E-state index contributed by atoms with van der Waals surface area (Å²) in [5, 5.41) is 6.81. The van der Waals surface area contributed by atoms with Crippen molar-refractivity contribution in [3.63, 3.8) is 0 Å². The van der Waals surface area contributed by atoms with E-state index in [9.17, 15) is 0 Å². The largest absolute Gasteiger partial charge is 0.496 e. The van der Waals surface area contributed by atoms with Crippen LogP contribution in [0, 0.1) is 6.92 Å². The molecule has 1 aliphatic rings. The molecule has 1 aromatic carbocycles. The molecule has 3 rings (SSSR count). The molecule has 2 aromatic rings. The van der Waals surface area contributed by atoms with Gasteiger partial charge in [-0.3, -0.25) is 9.89 Å². The molecule has 2 heterocycles. The standard InChI is InChI=1S/C22H33N5OS/c1-17-25-18(16-29-17)15-26(3)22(23-2)24-14-20(27-12-8-5-9-13-27)19-10-6-7-11-21(19)28-4/h6-7,10-11,16,20H,5,8-9,12-15H2,1-4H3,(H,23,24). The third-order valence-electron chi connectivity index (χ3n) is 5.42. The number of methoxy groups -OCH3 is 1. The lowest BCUT2D eigenvalue weighted by Gasteiger charge is -2.36. The van der Waals surface area contributed by atoms with Crippen molar-refractivity contribution in [2.24, 2.45) is 4.99 Å². The fourth-order valence-electron chi connectivity index (χ4n) is 3.98. The molecule has 1 atom stereocenters. The van der Waals surface area contributed by atoms with Gasteiger partial charge in [0.25, 0.3) is 0 Å². The van der Waals surface area contributed by atoms with Crippen LogP contribution < -0.4 is 10.1 Å². The maximum atomic E-state index is 5.68. The number of guanidine groups is 1. The Morgan fingerprint density at radius 1 is 1.31 bits per heavy atom. The maximum Gasteiger partial charge on any atom is 0.193 e. The van der Waals surface area contributed by atoms with Gasteiger partial charge in [-0.05, 0) is 38.9 Å². The van der Waals surface area contributed by atoms with Crippen LogP contribution in [0.2, 0.25) is 0 Å². The second-order valence-electron chi connectivity index (χ2n) is 7.50. The molecule has 1 N–H and O–H groups in total. The summed E-state index contributed by atoms with van der Waals surface area (Å²) in [6.07, 6.45) is 3.83. The third kappa shape index (κ3) is 5.70. The SMILES string of the molecule is CN=C(NCC(c1ccccc1OC)N1CCCCC1)N(C)Cc1csc(C)n1. The predicted molar refractivity (Wildman–Crippen MR) is 121 cm³/mol. The van der Waals surface area contributed by atoms with Gasteiger partial charge in [-0.25, -0.2) is 4.98 Å². The summed E-state index contributed by atoms with van der Waals surface area (Å²) < 4.78 is 5.68. The first-order chi connectivity index (χ1) is 14.1. The molecule has 1 fully saturated rings. The Morgan fingerprint density at radius 3 is 2.72 bits per heavy atom. The van der Waals surface area contributed by atoms with E-state index in [0.717, 1.165) is 48.6 Å². The minimum atomic E-state index is 0.248. The number of thiazole rings is 1. The molecule has 158 valence electrons. The van der Waals surface area contributed by atoms with Crippen LogP contribution in [0.4, 0.5) is 0 Å². The van der Waals surface area contributed by atoms with Crippen molar-refractivity contribution in [1.29, 1.82) is 0 Å². The number of aryl methyl sites for hydroxylation is 1. The number of nitrogens with one attached hydrogen (secondary N) is 1. The Bertz CT molecular complexity index is 800. The predicted octanol–water partition coefficient (Wildman–Crippen LogP) is 3.69. The van der Waals surface area contributed by atoms with Gasteiger partial charge in [0.1, 0.15) is 5.75 Å². The van der Waals surface area contributed by atoms with E-state index in [1.54, 1.807) is 18.4 Å². The summed E-state index contributed by atoms with van der Waals surface area (Å²) in [4.78, 5) is 13.8. The summed E-state index contributed by atoms with van der Waals surface area (Å²) in [5.41, 5.74) is 2.31. The Balaban J connectivity index is 1.72. The van der Waals surface area contributed by atoms with Gasteiger partial charge in [-0.15, -0.1) is 11.3 Å². The maximum absolute atomic E-state index is 5.68. The molecule has 0 bridgehead atoms. The minimum absolute atomic E-state index is 0.248. The molecule has 29 heavy (non-hydrogen) atoms. The average molecular weight is 416 g/mol. The molecular formula is C22H33N5OS. The van der Waals surface area contributed by atoms with E-state index in [4.69, 9.17) is 4.74 Å². The highest BCUT2D eigenvalue weighted by atomic mass is 32.1. The Labute approximate surface area is 178 Å². The van der Waals surface area contributed by atoms with Gasteiger partial charge in [0, 0.05) is 31.6 Å². The molecule has 0 spiro atoms. The summed E-state index contributed by atoms with van der Waals surface area (Å²) in [5.74, 6) is 1.83. The van der Waals surface area contributed by atoms with Gasteiger partial charge < -0.3 is 15.0 Å². The highest BCUT2D eigenvalue weighted by molar-refractivity contribution is 7.09. The molecule has 1 aromatic heterocycles. The number of ether oxygens (including phenoxy) is 1. The van der Waals surface area contributed by atoms with Crippen LogP contribution in [0.1, 0.15) is 41.6 Å². The molecule has 1 aliphatic heterocycles. The van der Waals surface area contributed by atoms with Crippen molar-refractivity contribution in [2.45, 2.75) is 38.8 Å². The van der Waals surface area contributed by atoms with Gasteiger partial charge in [0.15, 0.2) is 5.96 Å². The van der Waals surface area contributed by atoms with Gasteiger partial charge in [0.05, 0.1) is 30.4 Å². The lowest BCUT2D eigenvalue weighted by molar-refractivity contribution is 0.161. The number of aliphatic imine (C=N–C) groups is 1. The van der Waals surface area contributed by atoms with Crippen LogP contribution in [0.15, 0.2) is 34.6 Å². The number of hydrogen-bond donors (Lipinski definition) is 1. The van der Waals surface area contributed by atoms with E-state index >= 15 is 0 Å². The Kier molecular flexibility index (Phi) is 7.89. The fourth-order valence-corrected chi connectivity index (χ4v) is 4.58. The number of nitrogens with zero attached hydrogens (tertiary/aromatic N) is 4. The Morgan fingerprint density at radius 2 is 2.07 bits per heavy atom. The highest BCUT2D eigenvalue weighted by Gasteiger charge is 2.25. The highest BCUT2D eigenvalue weighted by Crippen LogP contribution is 2.30. The molecule has 7 heteroatoms. The quantitative estimate of drug-likeness (QED) is 0.552. The van der Waals surface area contributed by atoms with E-state index in [1.165, 1.54) is 24.8 Å². The second kappa shape index (κ2) is 10.6. The van der Waals surface area contributed by atoms with Crippen LogP contribution in [0.5, 0.6) is 5.75 Å². The first kappa shape index (κ1) is 21.6. The summed E-state index contributed by atoms with van der Waals surface area (Å²) in [7, 11) is 5.65. The Hall–Kier alpha value is -2.12. The average Bonchev–Trinajstić information content (AvgIpc) is 3.16. The van der Waals surface area contributed by atoms with E-state index in [1.807, 2.05) is 20.0 Å².